The summed E-state index contributed by atoms with van der Waals surface area (Å²) >= 11 is 3.18. The molecule has 1 N–H and O–H groups in total. The van der Waals surface area contributed by atoms with Gasteiger partial charge >= 0.3 is 0 Å². The lowest BCUT2D eigenvalue weighted by Crippen LogP contribution is -2.30. The number of hydrogen-bond acceptors (Lipinski definition) is 3. The van der Waals surface area contributed by atoms with Crippen molar-refractivity contribution in [3.05, 3.63) is 88.3 Å². The molecule has 2 amide bonds. The van der Waals surface area contributed by atoms with Crippen molar-refractivity contribution in [2.45, 2.75) is 6.54 Å². The van der Waals surface area contributed by atoms with Crippen molar-refractivity contribution in [2.75, 3.05) is 11.9 Å². The van der Waals surface area contributed by atoms with E-state index in [0.717, 1.165) is 5.56 Å². The van der Waals surface area contributed by atoms with E-state index >= 15 is 0 Å². The number of anilines is 1. The van der Waals surface area contributed by atoms with Gasteiger partial charge in [0.15, 0.2) is 10.4 Å². The molecule has 132 valence electrons. The number of benzene rings is 2. The number of carbonyl (C=O) groups excluding carboxylic acids is 2. The van der Waals surface area contributed by atoms with Crippen molar-refractivity contribution < 1.29 is 14.0 Å². The molecule has 0 aliphatic rings. The normalized spacial score (nSPS) is 10.4. The van der Waals surface area contributed by atoms with Gasteiger partial charge in [-0.25, -0.2) is 0 Å². The topological polar surface area (TPSA) is 62.6 Å². The molecule has 1 heterocycles. The van der Waals surface area contributed by atoms with E-state index in [4.69, 9.17) is 4.42 Å². The number of hydrogen-bond donors (Lipinski definition) is 1. The summed E-state index contributed by atoms with van der Waals surface area (Å²) in [5.41, 5.74) is 1.93. The van der Waals surface area contributed by atoms with Gasteiger partial charge in [0.1, 0.15) is 0 Å². The maximum absolute atomic E-state index is 12.6. The Balaban J connectivity index is 1.78. The molecule has 0 atom stereocenters. The fourth-order valence-electron chi connectivity index (χ4n) is 2.54. The first-order chi connectivity index (χ1) is 12.6. The average Bonchev–Trinajstić information content (AvgIpc) is 3.12. The molecule has 3 rings (SSSR count). The highest BCUT2D eigenvalue weighted by Crippen LogP contribution is 2.23. The van der Waals surface area contributed by atoms with Crippen LogP contribution in [0, 0.1) is 0 Å². The molecule has 2 aromatic carbocycles. The fourth-order valence-corrected chi connectivity index (χ4v) is 2.84. The summed E-state index contributed by atoms with van der Waals surface area (Å²) in [5, 5.41) is 2.89. The smallest absolute Gasteiger partial charge is 0.293 e. The van der Waals surface area contributed by atoms with E-state index in [1.807, 2.05) is 30.3 Å². The maximum atomic E-state index is 12.6. The lowest BCUT2D eigenvalue weighted by atomic mass is 10.1. The van der Waals surface area contributed by atoms with Crippen molar-refractivity contribution in [1.29, 1.82) is 0 Å². The van der Waals surface area contributed by atoms with E-state index in [1.165, 1.54) is 4.90 Å². The highest BCUT2D eigenvalue weighted by Gasteiger charge is 2.21. The Hall–Kier alpha value is -2.86. The Kier molecular flexibility index (Phi) is 5.53. The van der Waals surface area contributed by atoms with Crippen LogP contribution in [0.5, 0.6) is 0 Å². The molecule has 1 aromatic heterocycles. The molecule has 0 fully saturated rings. The first kappa shape index (κ1) is 17.9. The minimum atomic E-state index is -0.334. The minimum Gasteiger partial charge on any atom is -0.444 e. The molecule has 6 heteroatoms. The van der Waals surface area contributed by atoms with Crippen LogP contribution in [-0.4, -0.2) is 18.9 Å². The van der Waals surface area contributed by atoms with Gasteiger partial charge in [0, 0.05) is 13.6 Å². The summed E-state index contributed by atoms with van der Waals surface area (Å²) in [7, 11) is 1.61. The average molecular weight is 413 g/mol. The molecule has 0 aliphatic carbocycles. The summed E-state index contributed by atoms with van der Waals surface area (Å²) in [6.45, 7) is 0.413. The summed E-state index contributed by atoms with van der Waals surface area (Å²) in [6.07, 6.45) is 0. The van der Waals surface area contributed by atoms with E-state index in [0.29, 0.717) is 22.5 Å². The predicted molar refractivity (Wildman–Crippen MR) is 103 cm³/mol. The lowest BCUT2D eigenvalue weighted by molar-refractivity contribution is 0.0951. The van der Waals surface area contributed by atoms with Crippen LogP contribution in [0.4, 0.5) is 5.69 Å². The summed E-state index contributed by atoms with van der Waals surface area (Å²) in [6, 6.07) is 19.9. The van der Waals surface area contributed by atoms with Crippen LogP contribution in [0.2, 0.25) is 0 Å². The summed E-state index contributed by atoms with van der Waals surface area (Å²) < 4.78 is 5.79. The monoisotopic (exact) mass is 412 g/mol. The Morgan fingerprint density at radius 1 is 1.00 bits per heavy atom. The molecule has 3 aromatic rings. The number of amides is 2. The zero-order valence-electron chi connectivity index (χ0n) is 14.1. The number of rotatable bonds is 5. The van der Waals surface area contributed by atoms with Crippen molar-refractivity contribution in [3.63, 3.8) is 0 Å². The van der Waals surface area contributed by atoms with Crippen molar-refractivity contribution >= 4 is 33.4 Å². The second kappa shape index (κ2) is 8.01. The molecule has 0 aliphatic heterocycles. The van der Waals surface area contributed by atoms with E-state index in [9.17, 15) is 9.59 Å². The maximum Gasteiger partial charge on any atom is 0.293 e. The second-order valence-corrected chi connectivity index (χ2v) is 6.43. The van der Waals surface area contributed by atoms with Gasteiger partial charge in [-0.2, -0.15) is 0 Å². The van der Waals surface area contributed by atoms with Crippen molar-refractivity contribution in [1.82, 2.24) is 5.32 Å². The van der Waals surface area contributed by atoms with Crippen molar-refractivity contribution in [2.24, 2.45) is 0 Å². The van der Waals surface area contributed by atoms with Crippen LogP contribution in [0.25, 0.3) is 0 Å². The second-order valence-electron chi connectivity index (χ2n) is 5.65. The molecule has 0 unspecified atom stereocenters. The van der Waals surface area contributed by atoms with Crippen LogP contribution < -0.4 is 10.2 Å². The summed E-state index contributed by atoms with van der Waals surface area (Å²) in [4.78, 5) is 26.6. The molecule has 0 saturated heterocycles. The number of para-hydroxylation sites is 1. The molecule has 0 spiro atoms. The number of nitrogens with zero attached hydrogens (tertiary/aromatic N) is 1. The standard InChI is InChI=1S/C20H17BrN2O3/c1-23(20(25)17-11-12-18(21)26-17)16-10-6-5-9-15(16)19(24)22-13-14-7-3-2-4-8-14/h2-12H,13H2,1H3,(H,22,24). The predicted octanol–water partition coefficient (Wildman–Crippen LogP) is 4.25. The highest BCUT2D eigenvalue weighted by atomic mass is 79.9. The van der Waals surface area contributed by atoms with Crippen LogP contribution in [0.3, 0.4) is 0 Å². The van der Waals surface area contributed by atoms with Gasteiger partial charge in [0.05, 0.1) is 11.3 Å². The van der Waals surface area contributed by atoms with E-state index in [-0.39, 0.29) is 17.6 Å². The third-order valence-corrected chi connectivity index (χ3v) is 4.32. The lowest BCUT2D eigenvalue weighted by Gasteiger charge is -2.19. The molecule has 26 heavy (non-hydrogen) atoms. The van der Waals surface area contributed by atoms with Gasteiger partial charge in [-0.15, -0.1) is 0 Å². The quantitative estimate of drug-likeness (QED) is 0.681. The third-order valence-electron chi connectivity index (χ3n) is 3.89. The zero-order valence-corrected chi connectivity index (χ0v) is 15.7. The highest BCUT2D eigenvalue weighted by molar-refractivity contribution is 9.10. The van der Waals surface area contributed by atoms with Crippen LogP contribution in [0.1, 0.15) is 26.5 Å². The fraction of sp³-hybridized carbons (Fsp3) is 0.100. The third kappa shape index (κ3) is 4.03. The number of carbonyl (C=O) groups is 2. The Bertz CT molecular complexity index is 922. The first-order valence-electron chi connectivity index (χ1n) is 8.01. The van der Waals surface area contributed by atoms with Gasteiger partial charge in [0.25, 0.3) is 11.8 Å². The van der Waals surface area contributed by atoms with Gasteiger partial charge in [-0.1, -0.05) is 42.5 Å². The molecule has 0 radical (unpaired) electrons. The Morgan fingerprint density at radius 2 is 1.69 bits per heavy atom. The number of nitrogens with one attached hydrogen (secondary N) is 1. The summed E-state index contributed by atoms with van der Waals surface area (Å²) in [5.74, 6) is -0.386. The van der Waals surface area contributed by atoms with Gasteiger partial charge in [-0.3, -0.25) is 9.59 Å². The first-order valence-corrected chi connectivity index (χ1v) is 8.80. The molecular weight excluding hydrogens is 396 g/mol. The zero-order chi connectivity index (χ0) is 18.5. The number of furan rings is 1. The Labute approximate surface area is 159 Å². The van der Waals surface area contributed by atoms with Crippen LogP contribution in [0.15, 0.2) is 75.8 Å². The molecule has 5 nitrogen and oxygen atoms in total. The minimum absolute atomic E-state index is 0.193. The van der Waals surface area contributed by atoms with Crippen LogP contribution >= 0.6 is 15.9 Å². The molecule has 0 bridgehead atoms. The van der Waals surface area contributed by atoms with E-state index < -0.39 is 0 Å². The van der Waals surface area contributed by atoms with Crippen LogP contribution in [-0.2, 0) is 6.54 Å². The SMILES string of the molecule is CN(C(=O)c1ccc(Br)o1)c1ccccc1C(=O)NCc1ccccc1. The van der Waals surface area contributed by atoms with Gasteiger partial charge in [-0.05, 0) is 45.8 Å². The Morgan fingerprint density at radius 3 is 2.38 bits per heavy atom. The molecule has 0 saturated carbocycles. The van der Waals surface area contributed by atoms with Gasteiger partial charge in [0.2, 0.25) is 0 Å². The van der Waals surface area contributed by atoms with Gasteiger partial charge < -0.3 is 14.6 Å². The van der Waals surface area contributed by atoms with Crippen molar-refractivity contribution in [3.8, 4) is 0 Å². The number of halogens is 1. The largest absolute Gasteiger partial charge is 0.444 e. The van der Waals surface area contributed by atoms with E-state index in [2.05, 4.69) is 21.2 Å². The molecular formula is C20H17BrN2O3. The van der Waals surface area contributed by atoms with E-state index in [1.54, 1.807) is 43.4 Å².